The Morgan fingerprint density at radius 3 is 2.58 bits per heavy atom. The minimum atomic E-state index is -4.59. The van der Waals surface area contributed by atoms with E-state index in [4.69, 9.17) is 9.47 Å². The zero-order chi connectivity index (χ0) is 27.7. The Balaban J connectivity index is 1.67. The number of hydrogen-bond acceptors (Lipinski definition) is 6. The predicted octanol–water partition coefficient (Wildman–Crippen LogP) is 5.55. The third kappa shape index (κ3) is 6.12. The average molecular weight is 552 g/mol. The molecule has 0 unspecified atom stereocenters. The fourth-order valence-electron chi connectivity index (χ4n) is 4.26. The van der Waals surface area contributed by atoms with Crippen LogP contribution < -0.4 is 9.46 Å². The van der Waals surface area contributed by atoms with Crippen molar-refractivity contribution in [3.05, 3.63) is 65.7 Å². The first kappa shape index (κ1) is 27.5. The lowest BCUT2D eigenvalue weighted by atomic mass is 9.97. The number of nitrogens with one attached hydrogen (secondary N) is 1. The van der Waals surface area contributed by atoms with Gasteiger partial charge in [0.1, 0.15) is 11.4 Å². The van der Waals surface area contributed by atoms with E-state index in [0.29, 0.717) is 35.3 Å². The van der Waals surface area contributed by atoms with Crippen LogP contribution in [0.1, 0.15) is 50.6 Å². The van der Waals surface area contributed by atoms with Crippen LogP contribution in [0.4, 0.5) is 18.0 Å². The smallest absolute Gasteiger partial charge is 0.449 e. The number of carbonyl (C=O) groups is 1. The van der Waals surface area contributed by atoms with Crippen LogP contribution in [-0.2, 0) is 33.9 Å². The molecule has 8 nitrogen and oxygen atoms in total. The minimum Gasteiger partial charge on any atom is -0.487 e. The van der Waals surface area contributed by atoms with Gasteiger partial charge in [-0.1, -0.05) is 37.6 Å². The van der Waals surface area contributed by atoms with Gasteiger partial charge in [-0.3, -0.25) is 0 Å². The summed E-state index contributed by atoms with van der Waals surface area (Å²) < 4.78 is 79.9. The lowest BCUT2D eigenvalue weighted by Crippen LogP contribution is -2.31. The third-order valence-electron chi connectivity index (χ3n) is 5.99. The van der Waals surface area contributed by atoms with Crippen LogP contribution in [0.25, 0.3) is 11.1 Å². The number of aromatic nitrogens is 2. The molecule has 12 heteroatoms. The normalized spacial score (nSPS) is 14.6. The number of halogens is 3. The zero-order valence-corrected chi connectivity index (χ0v) is 21.9. The zero-order valence-electron chi connectivity index (χ0n) is 21.1. The van der Waals surface area contributed by atoms with Crippen molar-refractivity contribution in [2.45, 2.75) is 63.3 Å². The molecule has 1 aliphatic rings. The molecule has 0 bridgehead atoms. The standard InChI is InChI=1S/C26H28F3N3O5S/c1-4-5-12-36-24(33)31-38(34,35)22-14-21-19(15-25(2,3)37-21)13-20(22)18-8-6-17(7-9-18)16-32-11-10-30-23(32)26(27,28)29/h6-11,13-14H,4-5,12,15-16H2,1-3H3,(H,31,33). The Labute approximate surface area is 218 Å². The number of unbranched alkanes of at least 4 members (excludes halogenated alkanes) is 1. The van der Waals surface area contributed by atoms with E-state index in [-0.39, 0.29) is 18.0 Å². The summed E-state index contributed by atoms with van der Waals surface area (Å²) in [4.78, 5) is 15.4. The van der Waals surface area contributed by atoms with Crippen molar-refractivity contribution in [3.63, 3.8) is 0 Å². The summed E-state index contributed by atoms with van der Waals surface area (Å²) in [5.41, 5.74) is 1.64. The minimum absolute atomic E-state index is 0.0718. The van der Waals surface area contributed by atoms with Gasteiger partial charge in [-0.2, -0.15) is 13.2 Å². The number of benzene rings is 2. The predicted molar refractivity (Wildman–Crippen MR) is 133 cm³/mol. The monoisotopic (exact) mass is 551 g/mol. The molecule has 1 aromatic heterocycles. The van der Waals surface area contributed by atoms with E-state index >= 15 is 0 Å². The highest BCUT2D eigenvalue weighted by Gasteiger charge is 2.36. The fourth-order valence-corrected chi connectivity index (χ4v) is 5.38. The van der Waals surface area contributed by atoms with Gasteiger partial charge in [0.05, 0.1) is 11.5 Å². The van der Waals surface area contributed by atoms with E-state index in [0.717, 1.165) is 22.7 Å². The maximum atomic E-state index is 13.3. The van der Waals surface area contributed by atoms with Crippen LogP contribution in [0.5, 0.6) is 5.75 Å². The number of carbonyl (C=O) groups excluding carboxylic acids is 1. The highest BCUT2D eigenvalue weighted by molar-refractivity contribution is 7.90. The second kappa shape index (κ2) is 10.3. The first-order chi connectivity index (χ1) is 17.8. The molecule has 0 saturated heterocycles. The molecule has 2 heterocycles. The number of nitrogens with zero attached hydrogens (tertiary/aromatic N) is 2. The number of rotatable bonds is 8. The summed E-state index contributed by atoms with van der Waals surface area (Å²) in [6, 6.07) is 9.57. The molecule has 0 saturated carbocycles. The Morgan fingerprint density at radius 1 is 1.21 bits per heavy atom. The van der Waals surface area contributed by atoms with Crippen molar-refractivity contribution in [2.75, 3.05) is 6.61 Å². The van der Waals surface area contributed by atoms with E-state index in [2.05, 4.69) is 4.98 Å². The maximum Gasteiger partial charge on any atom is 0.449 e. The number of alkyl halides is 3. The van der Waals surface area contributed by atoms with Crippen molar-refractivity contribution >= 4 is 16.1 Å². The summed E-state index contributed by atoms with van der Waals surface area (Å²) in [6.45, 7) is 5.68. The Kier molecular flexibility index (Phi) is 7.46. The molecule has 1 N–H and O–H groups in total. The van der Waals surface area contributed by atoms with Crippen LogP contribution in [0, 0.1) is 0 Å². The van der Waals surface area contributed by atoms with Gasteiger partial charge >= 0.3 is 12.3 Å². The Bertz CT molecular complexity index is 1430. The number of fused-ring (bicyclic) bond motifs is 1. The molecule has 3 aromatic rings. The van der Waals surface area contributed by atoms with E-state index in [1.807, 2.05) is 25.5 Å². The van der Waals surface area contributed by atoms with Crippen molar-refractivity contribution in [1.82, 2.24) is 14.3 Å². The molecule has 0 aliphatic carbocycles. The van der Waals surface area contributed by atoms with Gasteiger partial charge in [-0.15, -0.1) is 0 Å². The number of sulfonamides is 1. The molecule has 204 valence electrons. The van der Waals surface area contributed by atoms with Crippen LogP contribution in [0.2, 0.25) is 0 Å². The van der Waals surface area contributed by atoms with E-state index in [9.17, 15) is 26.4 Å². The molecule has 2 aromatic carbocycles. The molecule has 1 amide bonds. The molecule has 4 rings (SSSR count). The van der Waals surface area contributed by atoms with Crippen molar-refractivity contribution in [3.8, 4) is 16.9 Å². The molecule has 0 radical (unpaired) electrons. The van der Waals surface area contributed by atoms with E-state index in [1.54, 1.807) is 30.3 Å². The Hall–Kier alpha value is -3.54. The molecule has 0 spiro atoms. The van der Waals surface area contributed by atoms with Gasteiger partial charge in [-0.05, 0) is 43.0 Å². The third-order valence-corrected chi connectivity index (χ3v) is 7.34. The molecule has 38 heavy (non-hydrogen) atoms. The van der Waals surface area contributed by atoms with Gasteiger partial charge in [0.25, 0.3) is 10.0 Å². The van der Waals surface area contributed by atoms with Gasteiger partial charge in [0.2, 0.25) is 5.82 Å². The first-order valence-electron chi connectivity index (χ1n) is 12.0. The van der Waals surface area contributed by atoms with E-state index in [1.165, 1.54) is 12.3 Å². The summed E-state index contributed by atoms with van der Waals surface area (Å²) in [5.74, 6) is -0.608. The summed E-state index contributed by atoms with van der Waals surface area (Å²) >= 11 is 0. The van der Waals surface area contributed by atoms with Gasteiger partial charge in [0, 0.05) is 37.0 Å². The fraction of sp³-hybridized carbons (Fsp3) is 0.385. The van der Waals surface area contributed by atoms with Gasteiger partial charge in [-0.25, -0.2) is 22.9 Å². The van der Waals surface area contributed by atoms with Crippen LogP contribution >= 0.6 is 0 Å². The maximum absolute atomic E-state index is 13.3. The highest BCUT2D eigenvalue weighted by Crippen LogP contribution is 2.41. The topological polar surface area (TPSA) is 99.5 Å². The molecular formula is C26H28F3N3O5S. The van der Waals surface area contributed by atoms with Crippen molar-refractivity contribution in [1.29, 1.82) is 0 Å². The summed E-state index contributed by atoms with van der Waals surface area (Å²) in [7, 11) is -4.35. The largest absolute Gasteiger partial charge is 0.487 e. The number of ether oxygens (including phenoxy) is 2. The molecule has 0 fully saturated rings. The highest BCUT2D eigenvalue weighted by atomic mass is 32.2. The lowest BCUT2D eigenvalue weighted by Gasteiger charge is -2.17. The quantitative estimate of drug-likeness (QED) is 0.369. The second-order valence-electron chi connectivity index (χ2n) is 9.66. The van der Waals surface area contributed by atoms with E-state index < -0.39 is 33.7 Å². The van der Waals surface area contributed by atoms with Crippen LogP contribution in [0.3, 0.4) is 0 Å². The summed E-state index contributed by atoms with van der Waals surface area (Å²) in [5, 5.41) is 0. The SMILES string of the molecule is CCCCOC(=O)NS(=O)(=O)c1cc2c(cc1-c1ccc(Cn3ccnc3C(F)(F)F)cc1)CC(C)(C)O2. The first-order valence-corrected chi connectivity index (χ1v) is 13.5. The second-order valence-corrected chi connectivity index (χ2v) is 11.3. The van der Waals surface area contributed by atoms with Gasteiger partial charge in [0.15, 0.2) is 0 Å². The average Bonchev–Trinajstić information content (AvgIpc) is 3.40. The number of amides is 1. The molecular weight excluding hydrogens is 523 g/mol. The summed E-state index contributed by atoms with van der Waals surface area (Å²) in [6.07, 6.45) is -1.43. The van der Waals surface area contributed by atoms with Crippen LogP contribution in [0.15, 0.2) is 53.7 Å². The number of hydrogen-bond donors (Lipinski definition) is 1. The van der Waals surface area contributed by atoms with Crippen molar-refractivity contribution in [2.24, 2.45) is 0 Å². The van der Waals surface area contributed by atoms with Crippen LogP contribution in [-0.4, -0.2) is 36.3 Å². The molecule has 1 aliphatic heterocycles. The number of imidazole rings is 1. The lowest BCUT2D eigenvalue weighted by molar-refractivity contribution is -0.147. The van der Waals surface area contributed by atoms with Gasteiger partial charge < -0.3 is 14.0 Å². The Morgan fingerprint density at radius 2 is 1.92 bits per heavy atom. The van der Waals surface area contributed by atoms with Crippen molar-refractivity contribution < 1.29 is 35.9 Å². The molecule has 0 atom stereocenters.